The largest absolute Gasteiger partial charge is 0.492 e. The Morgan fingerprint density at radius 2 is 2.24 bits per heavy atom. The Morgan fingerprint density at radius 1 is 1.43 bits per heavy atom. The third-order valence-electron chi connectivity index (χ3n) is 2.83. The highest BCUT2D eigenvalue weighted by molar-refractivity contribution is 5.80. The second-order valence-corrected chi connectivity index (χ2v) is 5.05. The van der Waals surface area contributed by atoms with Crippen LogP contribution >= 0.6 is 0 Å². The fourth-order valence-electron chi connectivity index (χ4n) is 1.76. The lowest BCUT2D eigenvalue weighted by Crippen LogP contribution is -2.19. The minimum Gasteiger partial charge on any atom is -0.492 e. The molecule has 0 bridgehead atoms. The summed E-state index contributed by atoms with van der Waals surface area (Å²) in [5, 5.41) is 4.29. The lowest BCUT2D eigenvalue weighted by Gasteiger charge is -2.11. The molecule has 2 aromatic rings. The fourth-order valence-corrected chi connectivity index (χ4v) is 1.76. The van der Waals surface area contributed by atoms with Gasteiger partial charge in [0.2, 0.25) is 5.95 Å². The molecule has 2 rings (SSSR count). The molecule has 0 aliphatic carbocycles. The molecule has 1 heterocycles. The van der Waals surface area contributed by atoms with Crippen LogP contribution in [-0.4, -0.2) is 48.0 Å². The highest BCUT2D eigenvalue weighted by atomic mass is 16.5. The molecule has 0 atom stereocenters. The van der Waals surface area contributed by atoms with Gasteiger partial charge in [0, 0.05) is 6.54 Å². The van der Waals surface area contributed by atoms with Crippen molar-refractivity contribution < 1.29 is 4.74 Å². The summed E-state index contributed by atoms with van der Waals surface area (Å²) in [5.74, 6) is 1.21. The maximum Gasteiger partial charge on any atom is 0.221 e. The van der Waals surface area contributed by atoms with Gasteiger partial charge in [-0.2, -0.15) is 5.10 Å². The van der Waals surface area contributed by atoms with Gasteiger partial charge in [0.1, 0.15) is 12.4 Å². The summed E-state index contributed by atoms with van der Waals surface area (Å²) < 4.78 is 7.24. The van der Waals surface area contributed by atoms with Gasteiger partial charge in [-0.05, 0) is 38.7 Å². The first-order chi connectivity index (χ1) is 10.0. The summed E-state index contributed by atoms with van der Waals surface area (Å²) >= 11 is 0. The first-order valence-electron chi connectivity index (χ1n) is 6.78. The number of nitrogens with two attached hydrogens (primary N) is 1. The number of rotatable bonds is 6. The first kappa shape index (κ1) is 15.1. The highest BCUT2D eigenvalue weighted by Crippen LogP contribution is 2.12. The molecule has 112 valence electrons. The average molecular weight is 287 g/mol. The van der Waals surface area contributed by atoms with Gasteiger partial charge in [-0.15, -0.1) is 0 Å². The molecule has 0 aliphatic heterocycles. The lowest BCUT2D eigenvalue weighted by atomic mass is 10.2. The van der Waals surface area contributed by atoms with Crippen molar-refractivity contribution in [1.29, 1.82) is 0 Å². The fraction of sp³-hybridized carbons (Fsp3) is 0.333. The van der Waals surface area contributed by atoms with E-state index in [1.165, 1.54) is 0 Å². The zero-order valence-corrected chi connectivity index (χ0v) is 12.7. The van der Waals surface area contributed by atoms with E-state index in [4.69, 9.17) is 10.5 Å². The van der Waals surface area contributed by atoms with Crippen molar-refractivity contribution >= 4 is 12.2 Å². The van der Waals surface area contributed by atoms with Gasteiger partial charge in [0.15, 0.2) is 0 Å². The van der Waals surface area contributed by atoms with Gasteiger partial charge in [0.05, 0.1) is 18.1 Å². The topological polar surface area (TPSA) is 68.7 Å². The predicted molar refractivity (Wildman–Crippen MR) is 84.9 cm³/mol. The van der Waals surface area contributed by atoms with Crippen LogP contribution in [0.1, 0.15) is 11.3 Å². The Labute approximate surface area is 124 Å². The molecule has 1 aromatic carbocycles. The number of aryl methyl sites for hydroxylation is 1. The van der Waals surface area contributed by atoms with E-state index in [1.54, 1.807) is 17.1 Å². The average Bonchev–Trinajstić information content (AvgIpc) is 2.75. The van der Waals surface area contributed by atoms with Crippen molar-refractivity contribution in [3.63, 3.8) is 0 Å². The highest BCUT2D eigenvalue weighted by Gasteiger charge is 1.99. The summed E-state index contributed by atoms with van der Waals surface area (Å²) in [5.41, 5.74) is 7.52. The molecule has 2 N–H and O–H groups in total. The van der Waals surface area contributed by atoms with Crippen LogP contribution in [-0.2, 0) is 0 Å². The van der Waals surface area contributed by atoms with E-state index >= 15 is 0 Å². The van der Waals surface area contributed by atoms with Crippen molar-refractivity contribution in [2.75, 3.05) is 33.0 Å². The number of hydrogen-bond donors (Lipinski definition) is 1. The van der Waals surface area contributed by atoms with Gasteiger partial charge < -0.3 is 15.4 Å². The van der Waals surface area contributed by atoms with Crippen molar-refractivity contribution in [1.82, 2.24) is 14.6 Å². The number of likely N-dealkylation sites (N-methyl/N-ethyl adjacent to an activating group) is 1. The molecular formula is C15H21N5O. The standard InChI is InChI=1S/C15H21N5O/c1-12-11-20(15(16)18-12)17-10-13-5-4-6-14(9-13)21-8-7-19(2)3/h4-6,9-11H,7-8H2,1-3H3,(H2,16,18). The van der Waals surface area contributed by atoms with E-state index in [1.807, 2.05) is 45.3 Å². The second-order valence-electron chi connectivity index (χ2n) is 5.05. The van der Waals surface area contributed by atoms with Gasteiger partial charge >= 0.3 is 0 Å². The Balaban J connectivity index is 2.02. The zero-order valence-electron chi connectivity index (χ0n) is 12.7. The van der Waals surface area contributed by atoms with Crippen molar-refractivity contribution in [2.24, 2.45) is 5.10 Å². The number of anilines is 1. The molecule has 1 aromatic heterocycles. The number of imidazole rings is 1. The van der Waals surface area contributed by atoms with E-state index in [2.05, 4.69) is 15.0 Å². The number of nitrogen functional groups attached to an aromatic ring is 1. The third-order valence-corrected chi connectivity index (χ3v) is 2.83. The Morgan fingerprint density at radius 3 is 2.90 bits per heavy atom. The van der Waals surface area contributed by atoms with Crippen LogP contribution in [0.25, 0.3) is 0 Å². The van der Waals surface area contributed by atoms with Crippen molar-refractivity contribution in [3.8, 4) is 5.75 Å². The Hall–Kier alpha value is -2.34. The molecule has 0 saturated heterocycles. The second kappa shape index (κ2) is 6.90. The minimum atomic E-state index is 0.377. The van der Waals surface area contributed by atoms with Gasteiger partial charge in [-0.25, -0.2) is 9.66 Å². The van der Waals surface area contributed by atoms with Crippen LogP contribution in [0, 0.1) is 6.92 Å². The van der Waals surface area contributed by atoms with Gasteiger partial charge in [0.25, 0.3) is 0 Å². The zero-order chi connectivity index (χ0) is 15.2. The SMILES string of the molecule is Cc1cn(N=Cc2cccc(OCCN(C)C)c2)c(N)n1. The Kier molecular flexibility index (Phi) is 4.94. The number of ether oxygens (including phenoxy) is 1. The molecule has 0 unspecified atom stereocenters. The molecular weight excluding hydrogens is 266 g/mol. The Bertz CT molecular complexity index is 618. The first-order valence-corrected chi connectivity index (χ1v) is 6.78. The summed E-state index contributed by atoms with van der Waals surface area (Å²) in [4.78, 5) is 6.17. The number of aromatic nitrogens is 2. The number of nitrogens with zero attached hydrogens (tertiary/aromatic N) is 4. The normalized spacial score (nSPS) is 11.4. The molecule has 0 fully saturated rings. The van der Waals surface area contributed by atoms with E-state index in [-0.39, 0.29) is 0 Å². The van der Waals surface area contributed by atoms with Gasteiger partial charge in [-0.3, -0.25) is 0 Å². The molecule has 0 aliphatic rings. The van der Waals surface area contributed by atoms with Crippen LogP contribution in [0.3, 0.4) is 0 Å². The van der Waals surface area contributed by atoms with Crippen LogP contribution in [0.15, 0.2) is 35.6 Å². The molecule has 6 nitrogen and oxygen atoms in total. The summed E-state index contributed by atoms with van der Waals surface area (Å²) in [7, 11) is 4.04. The van der Waals surface area contributed by atoms with Crippen LogP contribution < -0.4 is 10.5 Å². The number of hydrogen-bond acceptors (Lipinski definition) is 5. The van der Waals surface area contributed by atoms with Crippen molar-refractivity contribution in [3.05, 3.63) is 41.7 Å². The molecule has 0 saturated carbocycles. The van der Waals surface area contributed by atoms with E-state index in [0.717, 1.165) is 23.6 Å². The van der Waals surface area contributed by atoms with E-state index < -0.39 is 0 Å². The molecule has 21 heavy (non-hydrogen) atoms. The maximum absolute atomic E-state index is 5.74. The van der Waals surface area contributed by atoms with E-state index in [9.17, 15) is 0 Å². The quantitative estimate of drug-likeness (QED) is 0.819. The molecule has 6 heteroatoms. The third kappa shape index (κ3) is 4.61. The maximum atomic E-state index is 5.74. The van der Waals surface area contributed by atoms with Crippen LogP contribution in [0.2, 0.25) is 0 Å². The lowest BCUT2D eigenvalue weighted by molar-refractivity contribution is 0.261. The predicted octanol–water partition coefficient (Wildman–Crippen LogP) is 1.60. The van der Waals surface area contributed by atoms with E-state index in [0.29, 0.717) is 12.6 Å². The van der Waals surface area contributed by atoms with Crippen molar-refractivity contribution in [2.45, 2.75) is 6.92 Å². The van der Waals surface area contributed by atoms with Crippen LogP contribution in [0.5, 0.6) is 5.75 Å². The number of benzene rings is 1. The smallest absolute Gasteiger partial charge is 0.221 e. The monoisotopic (exact) mass is 287 g/mol. The van der Waals surface area contributed by atoms with Gasteiger partial charge in [-0.1, -0.05) is 12.1 Å². The molecule has 0 spiro atoms. The van der Waals surface area contributed by atoms with Crippen LogP contribution in [0.4, 0.5) is 5.95 Å². The molecule has 0 amide bonds. The molecule has 0 radical (unpaired) electrons. The minimum absolute atomic E-state index is 0.377. The summed E-state index contributed by atoms with van der Waals surface area (Å²) in [6.07, 6.45) is 3.51. The summed E-state index contributed by atoms with van der Waals surface area (Å²) in [6.45, 7) is 3.41. The summed E-state index contributed by atoms with van der Waals surface area (Å²) in [6, 6.07) is 7.78.